The SMILES string of the molecule is C[C@@H](S[C@H]1CO[C@H](C=CC=Cc2ccc(C#N)cc2F)OC1)[C@@](Cn1cncn1)(OC(=O)c1cccc(Cl)c1COP(=O)(O)O)c1ccc(F)cc1F. The van der Waals surface area contributed by atoms with Crippen LogP contribution < -0.4 is 0 Å². The number of carbonyl (C=O) groups is 1. The van der Waals surface area contributed by atoms with E-state index in [2.05, 4.69) is 14.6 Å². The van der Waals surface area contributed by atoms with E-state index in [0.29, 0.717) is 11.6 Å². The molecule has 1 fully saturated rings. The number of ether oxygens (including phenoxy) is 3. The topological polar surface area (TPSA) is 166 Å². The van der Waals surface area contributed by atoms with Crippen LogP contribution in [-0.4, -0.2) is 60.5 Å². The van der Waals surface area contributed by atoms with Gasteiger partial charge in [-0.3, -0.25) is 4.52 Å². The summed E-state index contributed by atoms with van der Waals surface area (Å²) in [6.07, 6.45) is 8.16. The maximum absolute atomic E-state index is 15.8. The molecule has 53 heavy (non-hydrogen) atoms. The van der Waals surface area contributed by atoms with Crippen molar-refractivity contribution in [3.8, 4) is 6.07 Å². The molecule has 3 aromatic carbocycles. The number of allylic oxidation sites excluding steroid dienone is 2. The fourth-order valence-corrected chi connectivity index (χ4v) is 7.28. The van der Waals surface area contributed by atoms with E-state index in [9.17, 15) is 27.9 Å². The fourth-order valence-electron chi connectivity index (χ4n) is 5.39. The Hall–Kier alpha value is -4.30. The van der Waals surface area contributed by atoms with Crippen molar-refractivity contribution < 1.29 is 51.1 Å². The molecule has 18 heteroatoms. The van der Waals surface area contributed by atoms with Crippen LogP contribution in [0.2, 0.25) is 5.02 Å². The van der Waals surface area contributed by atoms with E-state index in [0.717, 1.165) is 18.2 Å². The van der Waals surface area contributed by atoms with Crippen molar-refractivity contribution in [3.05, 3.63) is 136 Å². The minimum absolute atomic E-state index is 0.0535. The number of thioether (sulfide) groups is 1. The number of phosphoric acid groups is 1. The van der Waals surface area contributed by atoms with Gasteiger partial charge in [-0.05, 0) is 49.4 Å². The molecule has 0 saturated carbocycles. The van der Waals surface area contributed by atoms with E-state index in [4.69, 9.17) is 31.1 Å². The average molecular weight is 791 g/mol. The van der Waals surface area contributed by atoms with Crippen LogP contribution in [0, 0.1) is 28.8 Å². The third kappa shape index (κ3) is 10.4. The van der Waals surface area contributed by atoms with Gasteiger partial charge in [0.05, 0.1) is 48.8 Å². The fraction of sp³-hybridized carbons (Fsp3) is 0.257. The number of rotatable bonds is 14. The average Bonchev–Trinajstić information content (AvgIpc) is 3.63. The molecule has 1 aliphatic rings. The normalized spacial score (nSPS) is 18.2. The number of esters is 1. The molecule has 2 atom stereocenters. The Morgan fingerprint density at radius 1 is 1.17 bits per heavy atom. The molecular weight excluding hydrogens is 760 g/mol. The summed E-state index contributed by atoms with van der Waals surface area (Å²) in [5, 5.41) is 11.8. The van der Waals surface area contributed by atoms with Gasteiger partial charge in [-0.25, -0.2) is 32.2 Å². The molecule has 278 valence electrons. The Balaban J connectivity index is 1.39. The number of hydrogen-bond donors (Lipinski definition) is 2. The van der Waals surface area contributed by atoms with Crippen LogP contribution in [0.3, 0.4) is 0 Å². The molecule has 0 radical (unpaired) electrons. The monoisotopic (exact) mass is 790 g/mol. The van der Waals surface area contributed by atoms with Crippen molar-refractivity contribution >= 4 is 43.2 Å². The van der Waals surface area contributed by atoms with Crippen molar-refractivity contribution in [2.24, 2.45) is 0 Å². The highest BCUT2D eigenvalue weighted by molar-refractivity contribution is 8.00. The van der Waals surface area contributed by atoms with Crippen molar-refractivity contribution in [1.82, 2.24) is 14.8 Å². The van der Waals surface area contributed by atoms with Gasteiger partial charge in [-0.1, -0.05) is 42.0 Å². The van der Waals surface area contributed by atoms with E-state index in [1.165, 1.54) is 65.5 Å². The van der Waals surface area contributed by atoms with Crippen molar-refractivity contribution in [1.29, 1.82) is 5.26 Å². The second-order valence-electron chi connectivity index (χ2n) is 11.6. The molecule has 0 aliphatic carbocycles. The molecule has 5 rings (SSSR count). The standard InChI is InChI=1S/C35H31ClF3N4O8PS/c1-22(53-26-16-48-33(49-17-26)8-3-2-5-24-10-9-23(15-40)13-31(24)38)35(19-43-21-41-20-42-43,29-12-11-25(37)14-32(29)39)51-34(44)27-6-4-7-30(36)28(27)18-50-52(45,46)47/h2-14,20-22,26,33H,16-19H2,1H3,(H2,45,46,47)/t22-,26-,33-,35-/m1/s1. The molecule has 4 aromatic rings. The minimum Gasteiger partial charge on any atom is -0.447 e. The number of benzene rings is 3. The van der Waals surface area contributed by atoms with Gasteiger partial charge in [0.15, 0.2) is 11.9 Å². The predicted molar refractivity (Wildman–Crippen MR) is 188 cm³/mol. The summed E-state index contributed by atoms with van der Waals surface area (Å²) in [7, 11) is -4.98. The first-order chi connectivity index (χ1) is 25.3. The smallest absolute Gasteiger partial charge is 0.447 e. The predicted octanol–water partition coefficient (Wildman–Crippen LogP) is 6.72. The summed E-state index contributed by atoms with van der Waals surface area (Å²) in [6, 6.07) is 12.9. The number of phosphoric ester groups is 1. The van der Waals surface area contributed by atoms with Crippen molar-refractivity contribution in [2.75, 3.05) is 13.2 Å². The molecule has 0 spiro atoms. The zero-order chi connectivity index (χ0) is 38.2. The molecule has 1 aliphatic heterocycles. The highest BCUT2D eigenvalue weighted by Crippen LogP contribution is 2.43. The molecule has 0 bridgehead atoms. The van der Waals surface area contributed by atoms with Crippen LogP contribution in [0.1, 0.15) is 39.5 Å². The number of nitrogens with zero attached hydrogens (tertiary/aromatic N) is 4. The van der Waals surface area contributed by atoms with Gasteiger partial charge in [0.25, 0.3) is 0 Å². The van der Waals surface area contributed by atoms with Gasteiger partial charge < -0.3 is 24.0 Å². The quantitative estimate of drug-likeness (QED) is 0.0789. The summed E-state index contributed by atoms with van der Waals surface area (Å²) >= 11 is 7.55. The maximum Gasteiger partial charge on any atom is 0.469 e. The molecule has 2 heterocycles. The van der Waals surface area contributed by atoms with Crippen LogP contribution >= 0.6 is 31.2 Å². The van der Waals surface area contributed by atoms with E-state index in [-0.39, 0.29) is 52.3 Å². The molecular formula is C35H31ClF3N4O8PS. The number of hydrogen-bond acceptors (Lipinski definition) is 10. The van der Waals surface area contributed by atoms with Crippen molar-refractivity contribution in [2.45, 2.75) is 42.5 Å². The van der Waals surface area contributed by atoms with Crippen LogP contribution in [0.4, 0.5) is 13.2 Å². The largest absolute Gasteiger partial charge is 0.469 e. The Labute approximate surface area is 311 Å². The van der Waals surface area contributed by atoms with Gasteiger partial charge >= 0.3 is 13.8 Å². The third-order valence-electron chi connectivity index (χ3n) is 7.97. The Bertz CT molecular complexity index is 2070. The molecule has 0 amide bonds. The zero-order valence-corrected chi connectivity index (χ0v) is 30.2. The molecule has 1 aromatic heterocycles. The van der Waals surface area contributed by atoms with Crippen molar-refractivity contribution in [3.63, 3.8) is 0 Å². The number of carbonyl (C=O) groups excluding carboxylic acids is 1. The van der Waals surface area contributed by atoms with Gasteiger partial charge in [0.1, 0.15) is 30.1 Å². The second kappa shape index (κ2) is 17.7. The van der Waals surface area contributed by atoms with Crippen LogP contribution in [0.5, 0.6) is 0 Å². The van der Waals surface area contributed by atoms with Crippen LogP contribution in [0.15, 0.2) is 85.5 Å². The lowest BCUT2D eigenvalue weighted by Gasteiger charge is -2.40. The highest BCUT2D eigenvalue weighted by Gasteiger charge is 2.47. The first kappa shape index (κ1) is 39.9. The molecule has 12 nitrogen and oxygen atoms in total. The maximum atomic E-state index is 15.8. The molecule has 2 N–H and O–H groups in total. The van der Waals surface area contributed by atoms with E-state index < -0.39 is 55.0 Å². The Kier molecular flexibility index (Phi) is 13.3. The van der Waals surface area contributed by atoms with E-state index in [1.807, 2.05) is 6.07 Å². The lowest BCUT2D eigenvalue weighted by molar-refractivity contribution is -0.146. The molecule has 1 saturated heterocycles. The van der Waals surface area contributed by atoms with Gasteiger partial charge in [-0.15, -0.1) is 11.8 Å². The zero-order valence-electron chi connectivity index (χ0n) is 27.7. The number of aromatic nitrogens is 3. The minimum atomic E-state index is -4.98. The van der Waals surface area contributed by atoms with E-state index >= 15 is 4.39 Å². The van der Waals surface area contributed by atoms with Gasteiger partial charge in [-0.2, -0.15) is 10.4 Å². The van der Waals surface area contributed by atoms with Crippen LogP contribution in [-0.2, 0) is 42.1 Å². The first-order valence-corrected chi connectivity index (χ1v) is 18.5. The number of nitriles is 1. The van der Waals surface area contributed by atoms with Gasteiger partial charge in [0.2, 0.25) is 0 Å². The summed E-state index contributed by atoms with van der Waals surface area (Å²) in [6.45, 7) is 0.918. The van der Waals surface area contributed by atoms with Crippen LogP contribution in [0.25, 0.3) is 6.08 Å². The number of halogens is 4. The lowest BCUT2D eigenvalue weighted by atomic mass is 9.89. The first-order valence-electron chi connectivity index (χ1n) is 15.7. The lowest BCUT2D eigenvalue weighted by Crippen LogP contribution is -2.47. The Morgan fingerprint density at radius 2 is 1.94 bits per heavy atom. The van der Waals surface area contributed by atoms with E-state index in [1.54, 1.807) is 25.2 Å². The van der Waals surface area contributed by atoms with Gasteiger partial charge in [0, 0.05) is 33.0 Å². The second-order valence-corrected chi connectivity index (χ2v) is 14.8. The summed E-state index contributed by atoms with van der Waals surface area (Å²) < 4.78 is 79.6. The Morgan fingerprint density at radius 3 is 2.60 bits per heavy atom. The third-order valence-corrected chi connectivity index (χ3v) is 10.2. The highest BCUT2D eigenvalue weighted by atomic mass is 35.5. The summed E-state index contributed by atoms with van der Waals surface area (Å²) in [5.41, 5.74) is -1.93. The molecule has 0 unspecified atom stereocenters. The summed E-state index contributed by atoms with van der Waals surface area (Å²) in [5.74, 6) is -3.48. The summed E-state index contributed by atoms with van der Waals surface area (Å²) in [4.78, 5) is 36.6.